The van der Waals surface area contributed by atoms with Crippen molar-refractivity contribution in [3.63, 3.8) is 0 Å². The molecule has 0 aromatic carbocycles. The Hall–Kier alpha value is 2.98. The summed E-state index contributed by atoms with van der Waals surface area (Å²) in [5.41, 5.74) is 0. The van der Waals surface area contributed by atoms with Crippen LogP contribution in [0.4, 0.5) is 0 Å². The minimum atomic E-state index is 0. The van der Waals surface area contributed by atoms with Crippen molar-refractivity contribution >= 4 is 101 Å². The second kappa shape index (κ2) is 43.8. The van der Waals surface area contributed by atoms with E-state index < -0.39 is 0 Å². The van der Waals surface area contributed by atoms with E-state index in [0.29, 0.717) is 0 Å². The second-order valence-electron chi connectivity index (χ2n) is 0. The van der Waals surface area contributed by atoms with Gasteiger partial charge in [0.1, 0.15) is 0 Å². The van der Waals surface area contributed by atoms with Crippen molar-refractivity contribution in [3.8, 4) is 0 Å². The van der Waals surface area contributed by atoms with Crippen LogP contribution in [0, 0.1) is 0 Å². The van der Waals surface area contributed by atoms with Gasteiger partial charge < -0.3 is 0 Å². The molecular formula is H17AsGeSSeSiTe. The van der Waals surface area contributed by atoms with Gasteiger partial charge in [0, 0.05) is 0 Å². The fourth-order valence-electron chi connectivity index (χ4n) is 0. The van der Waals surface area contributed by atoms with Crippen LogP contribution in [0.25, 0.3) is 0 Å². The molecule has 48 valence electrons. The first-order chi connectivity index (χ1) is 0. The van der Waals surface area contributed by atoms with Crippen LogP contribution in [0.2, 0.25) is 0 Å². The van der Waals surface area contributed by atoms with Gasteiger partial charge in [-0.3, -0.25) is 0 Å². The molecule has 0 aliphatic rings. The van der Waals surface area contributed by atoms with Crippen molar-refractivity contribution in [2.24, 2.45) is 0 Å². The molecule has 0 fully saturated rings. The summed E-state index contributed by atoms with van der Waals surface area (Å²) in [5.74, 6) is 0. The summed E-state index contributed by atoms with van der Waals surface area (Å²) >= 11 is 0. The van der Waals surface area contributed by atoms with Gasteiger partial charge in [-0.05, 0) is 11.0 Å². The third kappa shape index (κ3) is 28.1. The third-order valence-electron chi connectivity index (χ3n) is 0. The zero-order valence-corrected chi connectivity index (χ0v) is 11.1. The van der Waals surface area contributed by atoms with Gasteiger partial charge in [0.15, 0.2) is 0 Å². The maximum absolute atomic E-state index is 0. The van der Waals surface area contributed by atoms with Gasteiger partial charge in [-0.2, -0.15) is 13.5 Å². The Morgan fingerprint density at radius 3 is 1.00 bits per heavy atom. The molecule has 0 bridgehead atoms. The van der Waals surface area contributed by atoms with E-state index in [9.17, 15) is 0 Å². The standard InChI is InChI=1S/AsH3.GeH4.H2S.H2Se.H4Si.H2Te/h1H3;1H4;2*1H2;1H4;1H2. The molecule has 0 aromatic heterocycles. The van der Waals surface area contributed by atoms with Gasteiger partial charge in [-0.25, -0.2) is 0 Å². The normalized spacial score (nSPS) is 0. The molecule has 0 saturated heterocycles. The predicted octanol–water partition coefficient (Wildman–Crippen LogP) is -5.81. The van der Waals surface area contributed by atoms with Gasteiger partial charge in [0.05, 0.1) is 0 Å². The zero-order valence-electron chi connectivity index (χ0n) is 2.21. The van der Waals surface area contributed by atoms with Gasteiger partial charge >= 0.3 is 76.3 Å². The molecule has 0 N–H and O–H groups in total. The summed E-state index contributed by atoms with van der Waals surface area (Å²) in [4.78, 5) is 0. The predicted molar refractivity (Wildman–Crippen MR) is 60.1 cm³/mol. The molecule has 6 heteroatoms. The van der Waals surface area contributed by atoms with E-state index in [1.807, 2.05) is 0 Å². The van der Waals surface area contributed by atoms with Crippen molar-refractivity contribution in [1.29, 1.82) is 0 Å². The Labute approximate surface area is 99.3 Å². The maximum atomic E-state index is 0. The molecule has 0 spiro atoms. The molecule has 0 saturated carbocycles. The third-order valence-corrected chi connectivity index (χ3v) is 0. The fraction of sp³-hybridized carbons (Fsp3) is 0. The van der Waals surface area contributed by atoms with Gasteiger partial charge in [0.2, 0.25) is 0 Å². The average Bonchev–Trinajstić information content (AvgIpc) is 0. The quantitative estimate of drug-likeness (QED) is 0.336. The van der Waals surface area contributed by atoms with E-state index in [1.165, 1.54) is 0 Å². The molecule has 0 radical (unpaired) electrons. The Balaban J connectivity index is 0. The molecule has 0 aliphatic heterocycles. The van der Waals surface area contributed by atoms with E-state index in [2.05, 4.69) is 0 Å². The van der Waals surface area contributed by atoms with E-state index in [4.69, 9.17) is 0 Å². The Bertz CT molecular complexity index is 15.5. The van der Waals surface area contributed by atoms with Crippen molar-refractivity contribution in [1.82, 2.24) is 0 Å². The average molecular weight is 431 g/mol. The van der Waals surface area contributed by atoms with E-state index in [1.54, 1.807) is 0 Å². The van der Waals surface area contributed by atoms with Crippen molar-refractivity contribution in [2.45, 2.75) is 0 Å². The van der Waals surface area contributed by atoms with Gasteiger partial charge in [0.25, 0.3) is 0 Å². The van der Waals surface area contributed by atoms with Crippen LogP contribution in [-0.2, 0) is 0 Å². The SMILES string of the molecule is S.[AsH3].[GeH4].[SeH2].[SiH4].[TeH2]. The van der Waals surface area contributed by atoms with Crippen LogP contribution in [-0.4, -0.2) is 87.3 Å². The molecule has 6 heavy (non-hydrogen) atoms. The van der Waals surface area contributed by atoms with Crippen LogP contribution in [0.15, 0.2) is 0 Å². The van der Waals surface area contributed by atoms with Crippen LogP contribution >= 0.6 is 13.5 Å². The number of rotatable bonds is 0. The molecule has 0 aromatic rings. The number of hydrogen-bond acceptors (Lipinski definition) is 0. The molecule has 1 atom stereocenters. The monoisotopic (exact) mass is 436 g/mol. The summed E-state index contributed by atoms with van der Waals surface area (Å²) < 4.78 is 0. The summed E-state index contributed by atoms with van der Waals surface area (Å²) in [6, 6.07) is 0. The van der Waals surface area contributed by atoms with Crippen molar-refractivity contribution in [3.05, 3.63) is 0 Å². The molecule has 0 rings (SSSR count). The van der Waals surface area contributed by atoms with Crippen molar-refractivity contribution in [2.75, 3.05) is 0 Å². The van der Waals surface area contributed by atoms with Crippen LogP contribution < -0.4 is 0 Å². The first-order valence-corrected chi connectivity index (χ1v) is 0. The Kier molecular flexibility index (Phi) is 471. The van der Waals surface area contributed by atoms with E-state index in [0.717, 1.165) is 0 Å². The second-order valence-corrected chi connectivity index (χ2v) is 0. The summed E-state index contributed by atoms with van der Waals surface area (Å²) in [7, 11) is 0. The van der Waals surface area contributed by atoms with Gasteiger partial charge in [-0.1, -0.05) is 0 Å². The molecule has 0 aliphatic carbocycles. The summed E-state index contributed by atoms with van der Waals surface area (Å²) in [6.45, 7) is 0. The van der Waals surface area contributed by atoms with Crippen LogP contribution in [0.5, 0.6) is 0 Å². The topological polar surface area (TPSA) is 0 Å². The van der Waals surface area contributed by atoms with E-state index in [-0.39, 0.29) is 101 Å². The van der Waals surface area contributed by atoms with E-state index >= 15 is 0 Å². The Morgan fingerprint density at radius 1 is 1.00 bits per heavy atom. The fourth-order valence-corrected chi connectivity index (χ4v) is 0. The Morgan fingerprint density at radius 2 is 1.00 bits per heavy atom. The molecule has 0 nitrogen and oxygen atoms in total. The molecule has 0 amide bonds. The van der Waals surface area contributed by atoms with Gasteiger partial charge in [-0.15, -0.1) is 0 Å². The van der Waals surface area contributed by atoms with Crippen molar-refractivity contribution < 1.29 is 0 Å². The number of hydrogen-bond donors (Lipinski definition) is 0. The summed E-state index contributed by atoms with van der Waals surface area (Å²) in [6.07, 6.45) is 0. The summed E-state index contributed by atoms with van der Waals surface area (Å²) in [5, 5.41) is 0. The molecule has 0 heterocycles. The van der Waals surface area contributed by atoms with Crippen LogP contribution in [0.3, 0.4) is 0 Å². The first kappa shape index (κ1) is 64.4. The molecular weight excluding hydrogens is 414 g/mol. The first-order valence-electron chi connectivity index (χ1n) is 0. The van der Waals surface area contributed by atoms with Crippen LogP contribution in [0.1, 0.15) is 0 Å². The molecule has 1 unspecified atom stereocenters. The minimum absolute atomic E-state index is 0. The zero-order chi connectivity index (χ0) is 0.